The molecule has 2 amide bonds. The van der Waals surface area contributed by atoms with E-state index >= 15 is 0 Å². The number of carbonyl (C=O) groups excluding carboxylic acids is 2. The summed E-state index contributed by atoms with van der Waals surface area (Å²) >= 11 is 0. The highest BCUT2D eigenvalue weighted by atomic mass is 19.4. The molecule has 0 aliphatic carbocycles. The van der Waals surface area contributed by atoms with Crippen molar-refractivity contribution >= 4 is 17.5 Å². The van der Waals surface area contributed by atoms with Crippen LogP contribution in [0.1, 0.15) is 41.1 Å². The summed E-state index contributed by atoms with van der Waals surface area (Å²) < 4.78 is 79.5. The summed E-state index contributed by atoms with van der Waals surface area (Å²) in [4.78, 5) is 28.0. The molecule has 1 atom stereocenters. The van der Waals surface area contributed by atoms with Crippen LogP contribution in [0.25, 0.3) is 0 Å². The SMILES string of the molecule is O=C(Nc1ccccc1)C1CCN(C(C(=O)NCc2cc(C(F)(F)F)cc(C(F)(F)F)c2)c2ccccc2)CC1. The number of piperidine rings is 1. The zero-order chi connectivity index (χ0) is 28.9. The van der Waals surface area contributed by atoms with Crippen LogP contribution in [0.3, 0.4) is 0 Å². The molecule has 0 saturated carbocycles. The van der Waals surface area contributed by atoms with Gasteiger partial charge < -0.3 is 10.6 Å². The maximum atomic E-state index is 13.4. The van der Waals surface area contributed by atoms with E-state index in [1.54, 1.807) is 42.5 Å². The summed E-state index contributed by atoms with van der Waals surface area (Å²) in [6.07, 6.45) is -9.02. The zero-order valence-corrected chi connectivity index (χ0v) is 21.2. The molecule has 0 radical (unpaired) electrons. The van der Waals surface area contributed by atoms with Gasteiger partial charge in [-0.1, -0.05) is 48.5 Å². The van der Waals surface area contributed by atoms with E-state index in [1.807, 2.05) is 23.1 Å². The fourth-order valence-electron chi connectivity index (χ4n) is 4.76. The minimum Gasteiger partial charge on any atom is -0.350 e. The highest BCUT2D eigenvalue weighted by Gasteiger charge is 2.37. The van der Waals surface area contributed by atoms with E-state index in [9.17, 15) is 35.9 Å². The molecule has 40 heavy (non-hydrogen) atoms. The minimum absolute atomic E-state index is 0.0518. The Morgan fingerprint density at radius 1 is 0.800 bits per heavy atom. The van der Waals surface area contributed by atoms with Crippen LogP contribution in [0.5, 0.6) is 0 Å². The first-order valence-corrected chi connectivity index (χ1v) is 12.6. The molecule has 1 heterocycles. The van der Waals surface area contributed by atoms with Crippen LogP contribution >= 0.6 is 0 Å². The Balaban J connectivity index is 1.47. The average molecular weight is 564 g/mol. The lowest BCUT2D eigenvalue weighted by Crippen LogP contribution is -2.45. The number of anilines is 1. The van der Waals surface area contributed by atoms with E-state index in [4.69, 9.17) is 0 Å². The van der Waals surface area contributed by atoms with Gasteiger partial charge >= 0.3 is 12.4 Å². The Hall–Kier alpha value is -3.86. The summed E-state index contributed by atoms with van der Waals surface area (Å²) in [5.41, 5.74) is -1.91. The molecular formula is C29H27F6N3O2. The number of para-hydroxylation sites is 1. The molecule has 11 heteroatoms. The Labute approximate surface area is 227 Å². The summed E-state index contributed by atoms with van der Waals surface area (Å²) in [5, 5.41) is 5.41. The van der Waals surface area contributed by atoms with Gasteiger partial charge in [0.05, 0.1) is 11.1 Å². The van der Waals surface area contributed by atoms with E-state index in [1.165, 1.54) is 0 Å². The van der Waals surface area contributed by atoms with Crippen molar-refractivity contribution in [2.45, 2.75) is 37.8 Å². The Kier molecular flexibility index (Phi) is 8.82. The maximum Gasteiger partial charge on any atom is 0.416 e. The second-order valence-corrected chi connectivity index (χ2v) is 9.61. The second-order valence-electron chi connectivity index (χ2n) is 9.61. The largest absolute Gasteiger partial charge is 0.416 e. The predicted octanol–water partition coefficient (Wildman–Crippen LogP) is 6.43. The van der Waals surface area contributed by atoms with Crippen molar-refractivity contribution in [3.8, 4) is 0 Å². The predicted molar refractivity (Wildman–Crippen MR) is 137 cm³/mol. The monoisotopic (exact) mass is 563 g/mol. The summed E-state index contributed by atoms with van der Waals surface area (Å²) in [7, 11) is 0. The fraction of sp³-hybridized carbons (Fsp3) is 0.310. The van der Waals surface area contributed by atoms with Crippen LogP contribution in [0, 0.1) is 5.92 Å². The highest BCUT2D eigenvalue weighted by Crippen LogP contribution is 2.36. The topological polar surface area (TPSA) is 61.4 Å². The molecule has 1 aliphatic heterocycles. The van der Waals surface area contributed by atoms with E-state index in [2.05, 4.69) is 10.6 Å². The van der Waals surface area contributed by atoms with E-state index in [-0.39, 0.29) is 23.5 Å². The van der Waals surface area contributed by atoms with Crippen molar-refractivity contribution < 1.29 is 35.9 Å². The third-order valence-electron chi connectivity index (χ3n) is 6.78. The van der Waals surface area contributed by atoms with Gasteiger partial charge in [0, 0.05) is 18.2 Å². The van der Waals surface area contributed by atoms with Gasteiger partial charge in [-0.25, -0.2) is 0 Å². The van der Waals surface area contributed by atoms with Crippen LogP contribution in [-0.2, 0) is 28.5 Å². The van der Waals surface area contributed by atoms with Crippen molar-refractivity contribution in [1.82, 2.24) is 10.2 Å². The van der Waals surface area contributed by atoms with E-state index < -0.39 is 42.0 Å². The Morgan fingerprint density at radius 3 is 1.85 bits per heavy atom. The normalized spacial score (nSPS) is 15.8. The van der Waals surface area contributed by atoms with Crippen LogP contribution in [0.15, 0.2) is 78.9 Å². The van der Waals surface area contributed by atoms with Gasteiger partial charge in [-0.15, -0.1) is 0 Å². The number of alkyl halides is 6. The van der Waals surface area contributed by atoms with Gasteiger partial charge in [0.2, 0.25) is 11.8 Å². The molecule has 1 fully saturated rings. The summed E-state index contributed by atoms with van der Waals surface area (Å²) in [6.45, 7) is 0.258. The van der Waals surface area contributed by atoms with E-state index in [0.29, 0.717) is 49.3 Å². The lowest BCUT2D eigenvalue weighted by molar-refractivity contribution is -0.143. The van der Waals surface area contributed by atoms with Crippen LogP contribution in [-0.4, -0.2) is 29.8 Å². The number of hydrogen-bond acceptors (Lipinski definition) is 3. The fourth-order valence-corrected chi connectivity index (χ4v) is 4.76. The molecule has 0 aromatic heterocycles. The first kappa shape index (κ1) is 29.1. The quantitative estimate of drug-likeness (QED) is 0.326. The lowest BCUT2D eigenvalue weighted by atomic mass is 9.93. The molecule has 1 aliphatic rings. The second kappa shape index (κ2) is 12.1. The van der Waals surface area contributed by atoms with Gasteiger partial charge in [-0.2, -0.15) is 26.3 Å². The molecule has 1 unspecified atom stereocenters. The zero-order valence-electron chi connectivity index (χ0n) is 21.2. The number of likely N-dealkylation sites (tertiary alicyclic amines) is 1. The van der Waals surface area contributed by atoms with Gasteiger partial charge in [-0.05, 0) is 67.4 Å². The molecule has 1 saturated heterocycles. The molecular weight excluding hydrogens is 536 g/mol. The van der Waals surface area contributed by atoms with E-state index in [0.717, 1.165) is 0 Å². The van der Waals surface area contributed by atoms with Crippen molar-refractivity contribution in [3.63, 3.8) is 0 Å². The Morgan fingerprint density at radius 2 is 1.32 bits per heavy atom. The van der Waals surface area contributed by atoms with Crippen molar-refractivity contribution in [2.24, 2.45) is 5.92 Å². The number of carbonyl (C=O) groups is 2. The van der Waals surface area contributed by atoms with Crippen LogP contribution < -0.4 is 10.6 Å². The molecule has 2 N–H and O–H groups in total. The number of nitrogens with one attached hydrogen (secondary N) is 2. The molecule has 0 bridgehead atoms. The van der Waals surface area contributed by atoms with Gasteiger partial charge in [-0.3, -0.25) is 14.5 Å². The molecule has 3 aromatic carbocycles. The number of nitrogens with zero attached hydrogens (tertiary/aromatic N) is 1. The van der Waals surface area contributed by atoms with Crippen LogP contribution in [0.2, 0.25) is 0 Å². The van der Waals surface area contributed by atoms with Crippen LogP contribution in [0.4, 0.5) is 32.0 Å². The molecule has 3 aromatic rings. The molecule has 212 valence electrons. The van der Waals surface area contributed by atoms with Crippen molar-refractivity contribution in [3.05, 3.63) is 101 Å². The van der Waals surface area contributed by atoms with Crippen molar-refractivity contribution in [1.29, 1.82) is 0 Å². The first-order chi connectivity index (χ1) is 18.9. The van der Waals surface area contributed by atoms with Gasteiger partial charge in [0.15, 0.2) is 0 Å². The Bertz CT molecular complexity index is 1270. The third kappa shape index (κ3) is 7.41. The number of hydrogen-bond donors (Lipinski definition) is 2. The third-order valence-corrected chi connectivity index (χ3v) is 6.78. The number of amides is 2. The smallest absolute Gasteiger partial charge is 0.350 e. The maximum absolute atomic E-state index is 13.4. The highest BCUT2D eigenvalue weighted by molar-refractivity contribution is 5.92. The van der Waals surface area contributed by atoms with Gasteiger partial charge in [0.1, 0.15) is 6.04 Å². The number of rotatable bonds is 7. The summed E-state index contributed by atoms with van der Waals surface area (Å²) in [5.74, 6) is -0.970. The lowest BCUT2D eigenvalue weighted by Gasteiger charge is -2.36. The number of benzene rings is 3. The minimum atomic E-state index is -4.98. The molecule has 4 rings (SSSR count). The number of halogens is 6. The molecule has 5 nitrogen and oxygen atoms in total. The van der Waals surface area contributed by atoms with Crippen molar-refractivity contribution in [2.75, 3.05) is 18.4 Å². The average Bonchev–Trinajstić information content (AvgIpc) is 2.92. The molecule has 0 spiro atoms. The first-order valence-electron chi connectivity index (χ1n) is 12.6. The summed E-state index contributed by atoms with van der Waals surface area (Å²) in [6, 6.07) is 18.1. The van der Waals surface area contributed by atoms with Gasteiger partial charge in [0.25, 0.3) is 0 Å². The standard InChI is InChI=1S/C29H27F6N3O2/c30-28(31,32)22-15-19(16-23(17-22)29(33,34)35)18-36-27(40)25(20-7-3-1-4-8-20)38-13-11-21(12-14-38)26(39)37-24-9-5-2-6-10-24/h1-10,15-17,21,25H,11-14,18H2,(H,36,40)(H,37,39).